The molecule has 0 unspecified atom stereocenters. The summed E-state index contributed by atoms with van der Waals surface area (Å²) in [6.45, 7) is 1.37. The lowest BCUT2D eigenvalue weighted by Gasteiger charge is -2.31. The van der Waals surface area contributed by atoms with Crippen molar-refractivity contribution in [2.45, 2.75) is 12.8 Å². The first kappa shape index (κ1) is 15.6. The van der Waals surface area contributed by atoms with Crippen LogP contribution in [-0.2, 0) is 4.79 Å². The van der Waals surface area contributed by atoms with Crippen molar-refractivity contribution in [3.63, 3.8) is 0 Å². The molecule has 7 heteroatoms. The Bertz CT molecular complexity index is 780. The Kier molecular flexibility index (Phi) is 4.05. The van der Waals surface area contributed by atoms with E-state index in [1.54, 1.807) is 41.4 Å². The van der Waals surface area contributed by atoms with Crippen LogP contribution in [0.4, 0.5) is 5.69 Å². The van der Waals surface area contributed by atoms with Gasteiger partial charge in [-0.05, 0) is 37.1 Å². The van der Waals surface area contributed by atoms with Crippen LogP contribution in [0.5, 0.6) is 11.5 Å². The van der Waals surface area contributed by atoms with Crippen molar-refractivity contribution in [1.29, 1.82) is 0 Å². The van der Waals surface area contributed by atoms with Gasteiger partial charge in [0, 0.05) is 37.0 Å². The topological polar surface area (TPSA) is 83.7 Å². The molecule has 4 rings (SSSR count). The molecule has 2 aromatic rings. The Morgan fingerprint density at radius 2 is 1.92 bits per heavy atom. The van der Waals surface area contributed by atoms with E-state index < -0.39 is 0 Å². The normalized spacial score (nSPS) is 16.7. The first-order valence-electron chi connectivity index (χ1n) is 8.34. The molecule has 3 heterocycles. The van der Waals surface area contributed by atoms with Crippen LogP contribution in [0, 0.1) is 5.92 Å². The number of nitrogens with one attached hydrogen (secondary N) is 2. The van der Waals surface area contributed by atoms with E-state index in [2.05, 4.69) is 10.3 Å². The molecule has 2 aliphatic heterocycles. The van der Waals surface area contributed by atoms with Crippen LogP contribution in [0.3, 0.4) is 0 Å². The lowest BCUT2D eigenvalue weighted by Crippen LogP contribution is -2.41. The van der Waals surface area contributed by atoms with Crippen LogP contribution in [0.25, 0.3) is 0 Å². The lowest BCUT2D eigenvalue weighted by molar-refractivity contribution is -0.121. The lowest BCUT2D eigenvalue weighted by atomic mass is 9.95. The Morgan fingerprint density at radius 1 is 1.12 bits per heavy atom. The van der Waals surface area contributed by atoms with Gasteiger partial charge < -0.3 is 24.7 Å². The van der Waals surface area contributed by atoms with E-state index >= 15 is 0 Å². The third-order valence-electron chi connectivity index (χ3n) is 4.62. The summed E-state index contributed by atoms with van der Waals surface area (Å²) in [7, 11) is 0. The summed E-state index contributed by atoms with van der Waals surface area (Å²) < 4.78 is 10.6. The standard InChI is InChI=1S/C18H19N3O4/c22-17(20-13-3-4-15-16(10-13)25-11-24-15)12-5-8-21(9-6-12)18(23)14-2-1-7-19-14/h1-4,7,10,12,19H,5-6,8-9,11H2,(H,20,22). The molecule has 2 N–H and O–H groups in total. The Hall–Kier alpha value is -2.96. The molecule has 1 saturated heterocycles. The summed E-state index contributed by atoms with van der Waals surface area (Å²) >= 11 is 0. The number of amides is 2. The smallest absolute Gasteiger partial charge is 0.270 e. The number of aromatic amines is 1. The number of benzene rings is 1. The number of ether oxygens (including phenoxy) is 2. The van der Waals surface area contributed by atoms with Crippen LogP contribution in [-0.4, -0.2) is 41.6 Å². The van der Waals surface area contributed by atoms with Crippen molar-refractivity contribution in [3.05, 3.63) is 42.2 Å². The number of aromatic nitrogens is 1. The van der Waals surface area contributed by atoms with E-state index in [-0.39, 0.29) is 24.5 Å². The first-order chi connectivity index (χ1) is 12.2. The number of fused-ring (bicyclic) bond motifs is 1. The van der Waals surface area contributed by atoms with Gasteiger partial charge in [0.15, 0.2) is 11.5 Å². The highest BCUT2D eigenvalue weighted by Gasteiger charge is 2.28. The van der Waals surface area contributed by atoms with Crippen molar-refractivity contribution in [2.24, 2.45) is 5.92 Å². The summed E-state index contributed by atoms with van der Waals surface area (Å²) in [6, 6.07) is 8.93. The fraction of sp³-hybridized carbons (Fsp3) is 0.333. The highest BCUT2D eigenvalue weighted by molar-refractivity contribution is 5.94. The Balaban J connectivity index is 1.33. The Morgan fingerprint density at radius 3 is 2.68 bits per heavy atom. The highest BCUT2D eigenvalue weighted by atomic mass is 16.7. The van der Waals surface area contributed by atoms with E-state index in [9.17, 15) is 9.59 Å². The SMILES string of the molecule is O=C(Nc1ccc2c(c1)OCO2)C1CCN(C(=O)c2ccc[nH]2)CC1. The van der Waals surface area contributed by atoms with Crippen LogP contribution in [0.1, 0.15) is 23.3 Å². The van der Waals surface area contributed by atoms with Gasteiger partial charge in [-0.25, -0.2) is 0 Å². The molecule has 0 bridgehead atoms. The monoisotopic (exact) mass is 341 g/mol. The predicted molar refractivity (Wildman–Crippen MR) is 90.6 cm³/mol. The number of piperidine rings is 1. The quantitative estimate of drug-likeness (QED) is 0.897. The second kappa shape index (κ2) is 6.51. The summed E-state index contributed by atoms with van der Waals surface area (Å²) in [6.07, 6.45) is 3.05. The van der Waals surface area contributed by atoms with Crippen LogP contribution in [0.15, 0.2) is 36.5 Å². The van der Waals surface area contributed by atoms with Crippen LogP contribution >= 0.6 is 0 Å². The van der Waals surface area contributed by atoms with Gasteiger partial charge in [-0.15, -0.1) is 0 Å². The van der Waals surface area contributed by atoms with Crippen LogP contribution in [0.2, 0.25) is 0 Å². The maximum atomic E-state index is 12.5. The third kappa shape index (κ3) is 3.17. The van der Waals surface area contributed by atoms with Gasteiger partial charge in [0.1, 0.15) is 5.69 Å². The number of rotatable bonds is 3. The Labute approximate surface area is 144 Å². The fourth-order valence-corrected chi connectivity index (χ4v) is 3.20. The minimum absolute atomic E-state index is 0.0142. The van der Waals surface area contributed by atoms with E-state index in [1.165, 1.54) is 0 Å². The van der Waals surface area contributed by atoms with E-state index in [0.717, 1.165) is 0 Å². The average molecular weight is 341 g/mol. The summed E-state index contributed by atoms with van der Waals surface area (Å²) in [5.41, 5.74) is 1.28. The summed E-state index contributed by atoms with van der Waals surface area (Å²) in [4.78, 5) is 29.5. The van der Waals surface area contributed by atoms with Crippen molar-refractivity contribution in [1.82, 2.24) is 9.88 Å². The molecule has 1 aromatic carbocycles. The van der Waals surface area contributed by atoms with Gasteiger partial charge in [0.2, 0.25) is 12.7 Å². The molecule has 0 radical (unpaired) electrons. The first-order valence-corrected chi connectivity index (χ1v) is 8.34. The maximum Gasteiger partial charge on any atom is 0.270 e. The van der Waals surface area contributed by atoms with Gasteiger partial charge in [0.25, 0.3) is 5.91 Å². The minimum atomic E-state index is -0.0990. The van der Waals surface area contributed by atoms with Gasteiger partial charge >= 0.3 is 0 Å². The van der Waals surface area contributed by atoms with Crippen LogP contribution < -0.4 is 14.8 Å². The number of hydrogen-bond acceptors (Lipinski definition) is 4. The number of anilines is 1. The van der Waals surface area contributed by atoms with Gasteiger partial charge in [-0.1, -0.05) is 0 Å². The molecule has 1 aromatic heterocycles. The molecule has 7 nitrogen and oxygen atoms in total. The zero-order chi connectivity index (χ0) is 17.2. The molecule has 2 amide bonds. The molecule has 1 fully saturated rings. The fourth-order valence-electron chi connectivity index (χ4n) is 3.20. The zero-order valence-corrected chi connectivity index (χ0v) is 13.7. The van der Waals surface area contributed by atoms with Crippen molar-refractivity contribution < 1.29 is 19.1 Å². The average Bonchev–Trinajstić information content (AvgIpc) is 3.32. The number of hydrogen-bond donors (Lipinski definition) is 2. The molecule has 0 spiro atoms. The van der Waals surface area contributed by atoms with Gasteiger partial charge in [0.05, 0.1) is 0 Å². The van der Waals surface area contributed by atoms with Gasteiger partial charge in [-0.3, -0.25) is 9.59 Å². The number of likely N-dealkylation sites (tertiary alicyclic amines) is 1. The maximum absolute atomic E-state index is 12.5. The highest BCUT2D eigenvalue weighted by Crippen LogP contribution is 2.34. The molecule has 2 aliphatic rings. The number of H-pyrrole nitrogens is 1. The molecular formula is C18H19N3O4. The molecule has 0 aliphatic carbocycles. The zero-order valence-electron chi connectivity index (χ0n) is 13.7. The summed E-state index contributed by atoms with van der Waals surface area (Å²) in [5, 5.41) is 2.93. The second-order valence-corrected chi connectivity index (χ2v) is 6.21. The van der Waals surface area contributed by atoms with Gasteiger partial charge in [-0.2, -0.15) is 0 Å². The number of carbonyl (C=O) groups is 2. The van der Waals surface area contributed by atoms with E-state index in [4.69, 9.17) is 9.47 Å². The second-order valence-electron chi connectivity index (χ2n) is 6.21. The largest absolute Gasteiger partial charge is 0.454 e. The minimum Gasteiger partial charge on any atom is -0.454 e. The molecule has 0 saturated carbocycles. The number of carbonyl (C=O) groups excluding carboxylic acids is 2. The molecule has 0 atom stereocenters. The number of nitrogens with zero attached hydrogens (tertiary/aromatic N) is 1. The van der Waals surface area contributed by atoms with E-state index in [1.807, 2.05) is 0 Å². The van der Waals surface area contributed by atoms with Crippen molar-refractivity contribution in [3.8, 4) is 11.5 Å². The third-order valence-corrected chi connectivity index (χ3v) is 4.62. The predicted octanol–water partition coefficient (Wildman–Crippen LogP) is 2.23. The van der Waals surface area contributed by atoms with Crippen molar-refractivity contribution >= 4 is 17.5 Å². The summed E-state index contributed by atoms with van der Waals surface area (Å²) in [5.74, 6) is 1.20. The molecule has 25 heavy (non-hydrogen) atoms. The molecule has 130 valence electrons. The molecular weight excluding hydrogens is 322 g/mol. The van der Waals surface area contributed by atoms with Crippen molar-refractivity contribution in [2.75, 3.05) is 25.2 Å². The van der Waals surface area contributed by atoms with E-state index in [0.29, 0.717) is 48.8 Å².